The lowest BCUT2D eigenvalue weighted by molar-refractivity contribution is -0.0202. The van der Waals surface area contributed by atoms with Crippen LogP contribution in [0.1, 0.15) is 18.4 Å². The second-order valence-electron chi connectivity index (χ2n) is 6.75. The first-order valence-corrected chi connectivity index (χ1v) is 9.68. The molecule has 0 saturated carbocycles. The van der Waals surface area contributed by atoms with Crippen molar-refractivity contribution >= 4 is 11.7 Å². The van der Waals surface area contributed by atoms with Gasteiger partial charge in [-0.1, -0.05) is 30.3 Å². The SMILES string of the molecule is COc1ccc(NC(=O)N2CCC(OCCOCc3ccccc3)CC2)cc1. The molecule has 6 heteroatoms. The molecule has 0 spiro atoms. The number of ether oxygens (including phenoxy) is 3. The van der Waals surface area contributed by atoms with Crippen molar-refractivity contribution in [2.24, 2.45) is 0 Å². The van der Waals surface area contributed by atoms with Crippen molar-refractivity contribution in [2.75, 3.05) is 38.7 Å². The Labute approximate surface area is 166 Å². The summed E-state index contributed by atoms with van der Waals surface area (Å²) >= 11 is 0. The molecule has 2 aromatic rings. The highest BCUT2D eigenvalue weighted by molar-refractivity contribution is 5.89. The van der Waals surface area contributed by atoms with Gasteiger partial charge in [-0.15, -0.1) is 0 Å². The Kier molecular flexibility index (Phi) is 7.70. The number of hydrogen-bond acceptors (Lipinski definition) is 4. The number of piperidine rings is 1. The molecule has 0 atom stereocenters. The number of benzene rings is 2. The van der Waals surface area contributed by atoms with Gasteiger partial charge in [0.15, 0.2) is 0 Å². The number of carbonyl (C=O) groups is 1. The maximum absolute atomic E-state index is 12.4. The Morgan fingerprint density at radius 1 is 1.04 bits per heavy atom. The van der Waals surface area contributed by atoms with E-state index in [0.717, 1.165) is 24.3 Å². The Morgan fingerprint density at radius 2 is 1.75 bits per heavy atom. The minimum absolute atomic E-state index is 0.0742. The van der Waals surface area contributed by atoms with Gasteiger partial charge in [-0.3, -0.25) is 0 Å². The van der Waals surface area contributed by atoms with Crippen LogP contribution in [0.3, 0.4) is 0 Å². The molecule has 1 saturated heterocycles. The summed E-state index contributed by atoms with van der Waals surface area (Å²) in [4.78, 5) is 14.2. The molecule has 0 aliphatic carbocycles. The molecule has 1 fully saturated rings. The highest BCUT2D eigenvalue weighted by atomic mass is 16.5. The van der Waals surface area contributed by atoms with E-state index in [1.54, 1.807) is 7.11 Å². The second-order valence-corrected chi connectivity index (χ2v) is 6.75. The number of carbonyl (C=O) groups excluding carboxylic acids is 1. The zero-order chi connectivity index (χ0) is 19.6. The van der Waals surface area contributed by atoms with E-state index in [-0.39, 0.29) is 12.1 Å². The van der Waals surface area contributed by atoms with Gasteiger partial charge in [-0.25, -0.2) is 4.79 Å². The zero-order valence-corrected chi connectivity index (χ0v) is 16.3. The van der Waals surface area contributed by atoms with Crippen LogP contribution in [0.2, 0.25) is 0 Å². The van der Waals surface area contributed by atoms with Gasteiger partial charge >= 0.3 is 6.03 Å². The smallest absolute Gasteiger partial charge is 0.321 e. The summed E-state index contributed by atoms with van der Waals surface area (Å²) in [5.74, 6) is 0.767. The predicted molar refractivity (Wildman–Crippen MR) is 109 cm³/mol. The first-order chi connectivity index (χ1) is 13.7. The van der Waals surface area contributed by atoms with E-state index in [1.165, 1.54) is 5.56 Å². The molecular formula is C22H28N2O4. The molecule has 2 amide bonds. The highest BCUT2D eigenvalue weighted by Gasteiger charge is 2.23. The summed E-state index contributed by atoms with van der Waals surface area (Å²) in [5, 5.41) is 2.92. The minimum Gasteiger partial charge on any atom is -0.497 e. The van der Waals surface area contributed by atoms with Crippen LogP contribution < -0.4 is 10.1 Å². The second kappa shape index (κ2) is 10.7. The highest BCUT2D eigenvalue weighted by Crippen LogP contribution is 2.18. The summed E-state index contributed by atoms with van der Waals surface area (Å²) < 4.78 is 16.7. The molecule has 28 heavy (non-hydrogen) atoms. The summed E-state index contributed by atoms with van der Waals surface area (Å²) in [6.07, 6.45) is 1.87. The normalized spacial score (nSPS) is 14.7. The third-order valence-corrected chi connectivity index (χ3v) is 4.76. The van der Waals surface area contributed by atoms with Crippen LogP contribution in [-0.4, -0.2) is 50.4 Å². The molecule has 1 aliphatic rings. The van der Waals surface area contributed by atoms with E-state index in [4.69, 9.17) is 14.2 Å². The summed E-state index contributed by atoms with van der Waals surface area (Å²) in [6, 6.07) is 17.4. The van der Waals surface area contributed by atoms with Crippen LogP contribution >= 0.6 is 0 Å². The molecule has 3 rings (SSSR count). The third kappa shape index (κ3) is 6.25. The van der Waals surface area contributed by atoms with E-state index < -0.39 is 0 Å². The third-order valence-electron chi connectivity index (χ3n) is 4.76. The molecular weight excluding hydrogens is 356 g/mol. The zero-order valence-electron chi connectivity index (χ0n) is 16.3. The molecule has 6 nitrogen and oxygen atoms in total. The lowest BCUT2D eigenvalue weighted by atomic mass is 10.1. The first kappa shape index (κ1) is 20.2. The molecule has 2 aromatic carbocycles. The molecule has 1 aliphatic heterocycles. The molecule has 0 bridgehead atoms. The quantitative estimate of drug-likeness (QED) is 0.701. The van der Waals surface area contributed by atoms with Crippen LogP contribution in [0.25, 0.3) is 0 Å². The van der Waals surface area contributed by atoms with Crippen LogP contribution in [-0.2, 0) is 16.1 Å². The van der Waals surface area contributed by atoms with Crippen molar-refractivity contribution in [3.8, 4) is 5.75 Å². The van der Waals surface area contributed by atoms with Gasteiger partial charge in [0.2, 0.25) is 0 Å². The van der Waals surface area contributed by atoms with E-state index in [2.05, 4.69) is 5.32 Å². The number of methoxy groups -OCH3 is 1. The predicted octanol–water partition coefficient (Wildman–Crippen LogP) is 3.92. The summed E-state index contributed by atoms with van der Waals surface area (Å²) in [6.45, 7) is 3.14. The molecule has 0 unspecified atom stereocenters. The Hall–Kier alpha value is -2.57. The Bertz CT molecular complexity index is 713. The van der Waals surface area contributed by atoms with Crippen molar-refractivity contribution in [2.45, 2.75) is 25.6 Å². The van der Waals surface area contributed by atoms with Gasteiger partial charge < -0.3 is 24.4 Å². The number of likely N-dealkylation sites (tertiary alicyclic amines) is 1. The fourth-order valence-corrected chi connectivity index (χ4v) is 3.14. The fraction of sp³-hybridized carbons (Fsp3) is 0.409. The first-order valence-electron chi connectivity index (χ1n) is 9.68. The average Bonchev–Trinajstić information content (AvgIpc) is 2.75. The van der Waals surface area contributed by atoms with Crippen LogP contribution in [0.5, 0.6) is 5.75 Å². The van der Waals surface area contributed by atoms with Gasteiger partial charge in [0.25, 0.3) is 0 Å². The van der Waals surface area contributed by atoms with Crippen LogP contribution in [0.15, 0.2) is 54.6 Å². The number of nitrogens with one attached hydrogen (secondary N) is 1. The van der Waals surface area contributed by atoms with Crippen LogP contribution in [0.4, 0.5) is 10.5 Å². The van der Waals surface area contributed by atoms with Gasteiger partial charge in [-0.05, 0) is 42.7 Å². The number of amides is 2. The van der Waals surface area contributed by atoms with Crippen molar-refractivity contribution < 1.29 is 19.0 Å². The Balaban J connectivity index is 1.29. The van der Waals surface area contributed by atoms with E-state index in [0.29, 0.717) is 32.9 Å². The molecule has 1 N–H and O–H groups in total. The monoisotopic (exact) mass is 384 g/mol. The van der Waals surface area contributed by atoms with Gasteiger partial charge in [0.1, 0.15) is 5.75 Å². The number of nitrogens with zero attached hydrogens (tertiary/aromatic N) is 1. The van der Waals surface area contributed by atoms with Gasteiger partial charge in [0.05, 0.1) is 33.0 Å². The van der Waals surface area contributed by atoms with Crippen LogP contribution in [0, 0.1) is 0 Å². The van der Waals surface area contributed by atoms with Crippen molar-refractivity contribution in [1.29, 1.82) is 0 Å². The van der Waals surface area contributed by atoms with Gasteiger partial charge in [0, 0.05) is 18.8 Å². The Morgan fingerprint density at radius 3 is 2.43 bits per heavy atom. The van der Waals surface area contributed by atoms with Crippen molar-refractivity contribution in [3.05, 3.63) is 60.2 Å². The number of anilines is 1. The van der Waals surface area contributed by atoms with E-state index in [1.807, 2.05) is 59.5 Å². The van der Waals surface area contributed by atoms with E-state index >= 15 is 0 Å². The maximum Gasteiger partial charge on any atom is 0.321 e. The lowest BCUT2D eigenvalue weighted by Crippen LogP contribution is -2.43. The lowest BCUT2D eigenvalue weighted by Gasteiger charge is -2.32. The van der Waals surface area contributed by atoms with E-state index in [9.17, 15) is 4.79 Å². The number of urea groups is 1. The average molecular weight is 384 g/mol. The molecule has 1 heterocycles. The molecule has 0 aromatic heterocycles. The molecule has 150 valence electrons. The summed E-state index contributed by atoms with van der Waals surface area (Å²) in [5.41, 5.74) is 1.93. The summed E-state index contributed by atoms with van der Waals surface area (Å²) in [7, 11) is 1.62. The topological polar surface area (TPSA) is 60.0 Å². The minimum atomic E-state index is -0.0742. The molecule has 0 radical (unpaired) electrons. The number of hydrogen-bond donors (Lipinski definition) is 1. The number of rotatable bonds is 8. The largest absolute Gasteiger partial charge is 0.497 e. The van der Waals surface area contributed by atoms with Crippen molar-refractivity contribution in [1.82, 2.24) is 4.90 Å². The maximum atomic E-state index is 12.4. The standard InChI is InChI=1S/C22H28N2O4/c1-26-20-9-7-19(8-10-20)23-22(25)24-13-11-21(12-14-24)28-16-15-27-17-18-5-3-2-4-6-18/h2-10,21H,11-17H2,1H3,(H,23,25). The van der Waals surface area contributed by atoms with Crippen molar-refractivity contribution in [3.63, 3.8) is 0 Å². The van der Waals surface area contributed by atoms with Gasteiger partial charge in [-0.2, -0.15) is 0 Å². The fourth-order valence-electron chi connectivity index (χ4n) is 3.14.